The van der Waals surface area contributed by atoms with E-state index in [1.165, 1.54) is 24.8 Å². The zero-order chi connectivity index (χ0) is 13.1. The van der Waals surface area contributed by atoms with E-state index >= 15 is 0 Å². The maximum absolute atomic E-state index is 13.3. The van der Waals surface area contributed by atoms with Gasteiger partial charge in [0, 0.05) is 6.04 Å². The molecule has 1 nitrogen and oxygen atoms in total. The van der Waals surface area contributed by atoms with Gasteiger partial charge < -0.3 is 5.32 Å². The lowest BCUT2D eigenvalue weighted by Crippen LogP contribution is -2.34. The third-order valence-electron chi connectivity index (χ3n) is 4.43. The van der Waals surface area contributed by atoms with Crippen LogP contribution < -0.4 is 5.32 Å². The first-order valence-electron chi connectivity index (χ1n) is 7.02. The molecule has 100 valence electrons. The predicted octanol–water partition coefficient (Wildman–Crippen LogP) is 3.70. The molecule has 0 aromatic heterocycles. The molecule has 1 aliphatic rings. The Morgan fingerprint density at radius 2 is 2.17 bits per heavy atom. The van der Waals surface area contributed by atoms with Crippen molar-refractivity contribution in [2.75, 3.05) is 7.05 Å². The zero-order valence-electron chi connectivity index (χ0n) is 11.7. The highest BCUT2D eigenvalue weighted by atomic mass is 19.1. The molecule has 2 heteroatoms. The highest BCUT2D eigenvalue weighted by Gasteiger charge is 2.28. The highest BCUT2D eigenvalue weighted by molar-refractivity contribution is 5.27. The average molecular weight is 249 g/mol. The second-order valence-electron chi connectivity index (χ2n) is 5.85. The van der Waals surface area contributed by atoms with Crippen LogP contribution in [-0.4, -0.2) is 13.1 Å². The summed E-state index contributed by atoms with van der Waals surface area (Å²) in [6.45, 7) is 4.40. The van der Waals surface area contributed by atoms with Gasteiger partial charge in [0.25, 0.3) is 0 Å². The topological polar surface area (TPSA) is 12.0 Å². The average Bonchev–Trinajstić information content (AvgIpc) is 2.77. The number of aryl methyl sites for hydroxylation is 1. The van der Waals surface area contributed by atoms with E-state index in [1.54, 1.807) is 12.1 Å². The van der Waals surface area contributed by atoms with Crippen LogP contribution in [0, 0.1) is 24.6 Å². The molecule has 0 spiro atoms. The van der Waals surface area contributed by atoms with Crippen LogP contribution in [0.2, 0.25) is 0 Å². The van der Waals surface area contributed by atoms with E-state index in [1.807, 2.05) is 13.1 Å². The highest BCUT2D eigenvalue weighted by Crippen LogP contribution is 2.33. The summed E-state index contributed by atoms with van der Waals surface area (Å²) in [6.07, 6.45) is 4.89. The SMILES string of the molecule is CNC(Cc1cc(F)ccc1C)C1CCC(C)C1. The van der Waals surface area contributed by atoms with Crippen LogP contribution in [0.4, 0.5) is 4.39 Å². The summed E-state index contributed by atoms with van der Waals surface area (Å²) in [5.41, 5.74) is 2.34. The fraction of sp³-hybridized carbons (Fsp3) is 0.625. The molecule has 1 aromatic rings. The molecule has 0 amide bonds. The number of rotatable bonds is 4. The summed E-state index contributed by atoms with van der Waals surface area (Å²) in [7, 11) is 2.03. The number of likely N-dealkylation sites (N-methyl/N-ethyl adjacent to an activating group) is 1. The zero-order valence-corrected chi connectivity index (χ0v) is 11.7. The summed E-state index contributed by atoms with van der Waals surface area (Å²) in [5, 5.41) is 3.44. The van der Waals surface area contributed by atoms with Gasteiger partial charge in [0.05, 0.1) is 0 Å². The first-order valence-corrected chi connectivity index (χ1v) is 7.02. The second kappa shape index (κ2) is 5.83. The van der Waals surface area contributed by atoms with Gasteiger partial charge in [-0.05, 0) is 68.3 Å². The van der Waals surface area contributed by atoms with Crippen molar-refractivity contribution in [3.63, 3.8) is 0 Å². The minimum absolute atomic E-state index is 0.120. The Hall–Kier alpha value is -0.890. The lowest BCUT2D eigenvalue weighted by Gasteiger charge is -2.24. The summed E-state index contributed by atoms with van der Waals surface area (Å²) in [4.78, 5) is 0. The summed E-state index contributed by atoms with van der Waals surface area (Å²) in [6, 6.07) is 5.60. The number of hydrogen-bond acceptors (Lipinski definition) is 1. The molecular formula is C16H24FN. The van der Waals surface area contributed by atoms with E-state index in [4.69, 9.17) is 0 Å². The van der Waals surface area contributed by atoms with Crippen LogP contribution in [0.1, 0.15) is 37.3 Å². The van der Waals surface area contributed by atoms with E-state index in [0.29, 0.717) is 6.04 Å². The third kappa shape index (κ3) is 3.11. The van der Waals surface area contributed by atoms with Gasteiger partial charge in [0.1, 0.15) is 5.82 Å². The van der Waals surface area contributed by atoms with Crippen molar-refractivity contribution in [3.05, 3.63) is 35.1 Å². The smallest absolute Gasteiger partial charge is 0.123 e. The van der Waals surface area contributed by atoms with Crippen molar-refractivity contribution in [3.8, 4) is 0 Å². The van der Waals surface area contributed by atoms with E-state index in [-0.39, 0.29) is 5.82 Å². The van der Waals surface area contributed by atoms with Gasteiger partial charge in [0.15, 0.2) is 0 Å². The minimum atomic E-state index is -0.120. The van der Waals surface area contributed by atoms with Gasteiger partial charge in [0.2, 0.25) is 0 Å². The fourth-order valence-corrected chi connectivity index (χ4v) is 3.22. The Bertz CT molecular complexity index is 402. The molecule has 1 aromatic carbocycles. The molecule has 1 saturated carbocycles. The van der Waals surface area contributed by atoms with E-state index in [0.717, 1.165) is 23.8 Å². The van der Waals surface area contributed by atoms with Crippen molar-refractivity contribution in [1.29, 1.82) is 0 Å². The summed E-state index contributed by atoms with van der Waals surface area (Å²) >= 11 is 0. The maximum Gasteiger partial charge on any atom is 0.123 e. The quantitative estimate of drug-likeness (QED) is 0.858. The van der Waals surface area contributed by atoms with Gasteiger partial charge in [-0.3, -0.25) is 0 Å². The van der Waals surface area contributed by atoms with Gasteiger partial charge in [-0.2, -0.15) is 0 Å². The van der Waals surface area contributed by atoms with E-state index < -0.39 is 0 Å². The maximum atomic E-state index is 13.3. The van der Waals surface area contributed by atoms with Crippen molar-refractivity contribution in [2.24, 2.45) is 11.8 Å². The van der Waals surface area contributed by atoms with Gasteiger partial charge >= 0.3 is 0 Å². The minimum Gasteiger partial charge on any atom is -0.316 e. The van der Waals surface area contributed by atoms with Gasteiger partial charge in [-0.15, -0.1) is 0 Å². The van der Waals surface area contributed by atoms with Crippen molar-refractivity contribution >= 4 is 0 Å². The molecule has 1 N–H and O–H groups in total. The molecule has 3 unspecified atom stereocenters. The van der Waals surface area contributed by atoms with Crippen LogP contribution in [0.5, 0.6) is 0 Å². The Morgan fingerprint density at radius 3 is 2.78 bits per heavy atom. The monoisotopic (exact) mass is 249 g/mol. The van der Waals surface area contributed by atoms with Crippen molar-refractivity contribution < 1.29 is 4.39 Å². The predicted molar refractivity (Wildman–Crippen MR) is 74.2 cm³/mol. The van der Waals surface area contributed by atoms with Crippen molar-refractivity contribution in [2.45, 2.75) is 45.6 Å². The molecule has 18 heavy (non-hydrogen) atoms. The lowest BCUT2D eigenvalue weighted by atomic mass is 9.90. The van der Waals surface area contributed by atoms with Crippen molar-refractivity contribution in [1.82, 2.24) is 5.32 Å². The Morgan fingerprint density at radius 1 is 1.39 bits per heavy atom. The molecule has 0 aliphatic heterocycles. The molecule has 1 fully saturated rings. The molecule has 3 atom stereocenters. The molecule has 1 aliphatic carbocycles. The molecule has 0 saturated heterocycles. The second-order valence-corrected chi connectivity index (χ2v) is 5.85. The van der Waals surface area contributed by atoms with Crippen LogP contribution >= 0.6 is 0 Å². The number of nitrogens with one attached hydrogen (secondary N) is 1. The third-order valence-corrected chi connectivity index (χ3v) is 4.43. The first-order chi connectivity index (χ1) is 8.60. The normalized spacial score (nSPS) is 25.3. The Kier molecular flexibility index (Phi) is 4.39. The molecule has 0 radical (unpaired) electrons. The molecular weight excluding hydrogens is 225 g/mol. The van der Waals surface area contributed by atoms with E-state index in [9.17, 15) is 4.39 Å². The Labute approximate surface area is 110 Å². The lowest BCUT2D eigenvalue weighted by molar-refractivity contribution is 0.367. The first kappa shape index (κ1) is 13.5. The van der Waals surface area contributed by atoms with Gasteiger partial charge in [-0.1, -0.05) is 19.4 Å². The summed E-state index contributed by atoms with van der Waals surface area (Å²) < 4.78 is 13.3. The fourth-order valence-electron chi connectivity index (χ4n) is 3.22. The van der Waals surface area contributed by atoms with Crippen LogP contribution in [0.15, 0.2) is 18.2 Å². The van der Waals surface area contributed by atoms with Gasteiger partial charge in [-0.25, -0.2) is 4.39 Å². The van der Waals surface area contributed by atoms with Crippen LogP contribution in [0.25, 0.3) is 0 Å². The standard InChI is InChI=1S/C16H24FN/c1-11-4-6-13(8-11)16(18-3)10-14-9-15(17)7-5-12(14)2/h5,7,9,11,13,16,18H,4,6,8,10H2,1-3H3. The number of hydrogen-bond donors (Lipinski definition) is 1. The Balaban J connectivity index is 2.08. The van der Waals surface area contributed by atoms with Crippen LogP contribution in [-0.2, 0) is 6.42 Å². The number of benzene rings is 1. The van der Waals surface area contributed by atoms with Crippen LogP contribution in [0.3, 0.4) is 0 Å². The number of halogens is 1. The molecule has 0 bridgehead atoms. The van der Waals surface area contributed by atoms with E-state index in [2.05, 4.69) is 19.2 Å². The molecule has 0 heterocycles. The summed E-state index contributed by atoms with van der Waals surface area (Å²) in [5.74, 6) is 1.47. The largest absolute Gasteiger partial charge is 0.316 e. The molecule has 2 rings (SSSR count).